The summed E-state index contributed by atoms with van der Waals surface area (Å²) in [5, 5.41) is 5.19. The fourth-order valence-electron chi connectivity index (χ4n) is 2.35. The molecule has 30 heavy (non-hydrogen) atoms. The van der Waals surface area contributed by atoms with E-state index in [4.69, 9.17) is 23.2 Å². The molecule has 12 heteroatoms. The van der Waals surface area contributed by atoms with Crippen LogP contribution in [0.3, 0.4) is 0 Å². The Kier molecular flexibility index (Phi) is 9.37. The number of carbonyl (C=O) groups excluding carboxylic acids is 2. The Bertz CT molecular complexity index is 991. The monoisotopic (exact) mass is 490 g/mol. The highest BCUT2D eigenvalue weighted by Crippen LogP contribution is 2.25. The van der Waals surface area contributed by atoms with Crippen molar-refractivity contribution >= 4 is 62.5 Å². The van der Waals surface area contributed by atoms with Gasteiger partial charge in [-0.05, 0) is 48.8 Å². The van der Waals surface area contributed by atoms with E-state index in [9.17, 15) is 18.0 Å². The number of pyridine rings is 1. The third-order valence-corrected chi connectivity index (χ3v) is 6.61. The lowest BCUT2D eigenvalue weighted by Crippen LogP contribution is -2.48. The van der Waals surface area contributed by atoms with Crippen LogP contribution in [0.2, 0.25) is 10.0 Å². The Labute approximate surface area is 189 Å². The maximum Gasteiger partial charge on any atom is 0.243 e. The fourth-order valence-corrected chi connectivity index (χ4v) is 4.81. The molecule has 1 atom stereocenters. The number of hydrogen-bond acceptors (Lipinski definition) is 6. The Morgan fingerprint density at radius 3 is 2.67 bits per heavy atom. The lowest BCUT2D eigenvalue weighted by molar-refractivity contribution is -0.125. The molecule has 1 heterocycles. The van der Waals surface area contributed by atoms with Gasteiger partial charge in [-0.2, -0.15) is 16.5 Å². The van der Waals surface area contributed by atoms with Gasteiger partial charge in [-0.15, -0.1) is 0 Å². The predicted molar refractivity (Wildman–Crippen MR) is 119 cm³/mol. The molecule has 162 valence electrons. The van der Waals surface area contributed by atoms with Gasteiger partial charge in [-0.3, -0.25) is 14.6 Å². The molecule has 2 rings (SSSR count). The van der Waals surface area contributed by atoms with Crippen molar-refractivity contribution in [2.45, 2.75) is 17.4 Å². The zero-order valence-electron chi connectivity index (χ0n) is 15.9. The van der Waals surface area contributed by atoms with Crippen molar-refractivity contribution in [3.8, 4) is 0 Å². The van der Waals surface area contributed by atoms with Gasteiger partial charge in [0, 0.05) is 11.2 Å². The first-order valence-electron chi connectivity index (χ1n) is 8.67. The van der Waals surface area contributed by atoms with Crippen LogP contribution in [-0.4, -0.2) is 49.8 Å². The Hall–Kier alpha value is -1.85. The van der Waals surface area contributed by atoms with E-state index >= 15 is 0 Å². The average molecular weight is 491 g/mol. The zero-order valence-corrected chi connectivity index (χ0v) is 19.0. The highest BCUT2D eigenvalue weighted by Gasteiger charge is 2.27. The van der Waals surface area contributed by atoms with Gasteiger partial charge >= 0.3 is 0 Å². The van der Waals surface area contributed by atoms with Crippen LogP contribution in [0.1, 0.15) is 6.42 Å². The summed E-state index contributed by atoms with van der Waals surface area (Å²) in [5.74, 6) is -0.584. The van der Waals surface area contributed by atoms with Gasteiger partial charge in [0.05, 0.1) is 23.5 Å². The van der Waals surface area contributed by atoms with Crippen molar-refractivity contribution in [3.05, 3.63) is 52.8 Å². The van der Waals surface area contributed by atoms with Crippen LogP contribution in [0, 0.1) is 0 Å². The number of thioether (sulfide) groups is 1. The van der Waals surface area contributed by atoms with Crippen LogP contribution in [0.25, 0.3) is 0 Å². The van der Waals surface area contributed by atoms with Crippen molar-refractivity contribution in [1.29, 1.82) is 0 Å². The summed E-state index contributed by atoms with van der Waals surface area (Å²) < 4.78 is 27.8. The number of nitrogens with one attached hydrogen (secondary N) is 3. The maximum atomic E-state index is 12.7. The summed E-state index contributed by atoms with van der Waals surface area (Å²) in [4.78, 5) is 28.2. The molecule has 1 aromatic heterocycles. The van der Waals surface area contributed by atoms with Crippen LogP contribution < -0.4 is 15.4 Å². The third-order valence-electron chi connectivity index (χ3n) is 3.78. The number of hydrogen-bond donors (Lipinski definition) is 3. The smallest absolute Gasteiger partial charge is 0.243 e. The van der Waals surface area contributed by atoms with Crippen molar-refractivity contribution in [3.63, 3.8) is 0 Å². The van der Waals surface area contributed by atoms with Gasteiger partial charge in [0.1, 0.15) is 10.9 Å². The molecule has 0 saturated carbocycles. The van der Waals surface area contributed by atoms with E-state index in [-0.39, 0.29) is 27.9 Å². The number of halogens is 2. The zero-order chi connectivity index (χ0) is 22.1. The van der Waals surface area contributed by atoms with Crippen molar-refractivity contribution < 1.29 is 18.0 Å². The highest BCUT2D eigenvalue weighted by atomic mass is 35.5. The number of benzene rings is 1. The maximum absolute atomic E-state index is 12.7. The SMILES string of the molecule is CSCCC(NS(=O)(=O)c1cc(Cl)ccc1Cl)C(=O)NCC(=O)Nc1cccnc1. The van der Waals surface area contributed by atoms with E-state index in [1.165, 1.54) is 36.2 Å². The minimum Gasteiger partial charge on any atom is -0.346 e. The summed E-state index contributed by atoms with van der Waals surface area (Å²) >= 11 is 13.3. The Morgan fingerprint density at radius 1 is 1.23 bits per heavy atom. The molecule has 0 fully saturated rings. The van der Waals surface area contributed by atoms with E-state index < -0.39 is 27.9 Å². The quantitative estimate of drug-likeness (QED) is 0.470. The number of carbonyl (C=O) groups is 2. The van der Waals surface area contributed by atoms with E-state index in [1.54, 1.807) is 18.3 Å². The fraction of sp³-hybridized carbons (Fsp3) is 0.278. The molecule has 0 radical (unpaired) electrons. The number of aromatic nitrogens is 1. The standard InChI is InChI=1S/C18H20Cl2N4O4S2/c1-29-8-6-15(24-30(27,28)16-9-12(19)4-5-14(16)20)18(26)22-11-17(25)23-13-3-2-7-21-10-13/h2-5,7,9-10,15,24H,6,8,11H2,1H3,(H,22,26)(H,23,25). The molecule has 2 aromatic rings. The van der Waals surface area contributed by atoms with Crippen LogP contribution >= 0.6 is 35.0 Å². The van der Waals surface area contributed by atoms with Gasteiger partial charge in [-0.25, -0.2) is 8.42 Å². The molecule has 0 bridgehead atoms. The minimum atomic E-state index is -4.12. The average Bonchev–Trinajstić information content (AvgIpc) is 2.71. The molecular weight excluding hydrogens is 471 g/mol. The molecule has 0 aliphatic heterocycles. The van der Waals surface area contributed by atoms with E-state index in [1.807, 2.05) is 6.26 Å². The summed E-state index contributed by atoms with van der Waals surface area (Å²) in [7, 11) is -4.12. The molecule has 2 amide bonds. The van der Waals surface area contributed by atoms with E-state index in [0.29, 0.717) is 11.4 Å². The normalized spacial score (nSPS) is 12.2. The number of rotatable bonds is 10. The minimum absolute atomic E-state index is 0.0215. The van der Waals surface area contributed by atoms with Gasteiger partial charge in [-0.1, -0.05) is 23.2 Å². The second-order valence-corrected chi connectivity index (χ2v) is 9.55. The van der Waals surface area contributed by atoms with Crippen molar-refractivity contribution in [1.82, 2.24) is 15.0 Å². The molecule has 3 N–H and O–H groups in total. The topological polar surface area (TPSA) is 117 Å². The van der Waals surface area contributed by atoms with Crippen molar-refractivity contribution in [2.75, 3.05) is 23.9 Å². The third kappa shape index (κ3) is 7.44. The molecule has 1 aromatic carbocycles. The largest absolute Gasteiger partial charge is 0.346 e. The van der Waals surface area contributed by atoms with Gasteiger partial charge in [0.25, 0.3) is 0 Å². The van der Waals surface area contributed by atoms with Gasteiger partial charge < -0.3 is 10.6 Å². The van der Waals surface area contributed by atoms with Crippen LogP contribution in [0.5, 0.6) is 0 Å². The molecule has 0 aliphatic carbocycles. The second kappa shape index (κ2) is 11.5. The summed E-state index contributed by atoms with van der Waals surface area (Å²) in [6, 6.07) is 6.24. The molecule has 0 saturated heterocycles. The summed E-state index contributed by atoms with van der Waals surface area (Å²) in [6.07, 6.45) is 5.07. The molecule has 1 unspecified atom stereocenters. The first kappa shape index (κ1) is 24.4. The lowest BCUT2D eigenvalue weighted by atomic mass is 10.2. The number of anilines is 1. The molecule has 0 aliphatic rings. The van der Waals surface area contributed by atoms with Gasteiger partial charge in [0.2, 0.25) is 21.8 Å². The molecular formula is C18H20Cl2N4O4S2. The highest BCUT2D eigenvalue weighted by molar-refractivity contribution is 7.98. The summed E-state index contributed by atoms with van der Waals surface area (Å²) in [6.45, 7) is -0.330. The first-order valence-corrected chi connectivity index (χ1v) is 12.3. The van der Waals surface area contributed by atoms with Crippen LogP contribution in [0.4, 0.5) is 5.69 Å². The van der Waals surface area contributed by atoms with E-state index in [2.05, 4.69) is 20.3 Å². The Balaban J connectivity index is 2.05. The summed E-state index contributed by atoms with van der Waals surface area (Å²) in [5.41, 5.74) is 0.479. The number of nitrogens with zero attached hydrogens (tertiary/aromatic N) is 1. The number of amides is 2. The predicted octanol–water partition coefficient (Wildman–Crippen LogP) is 2.54. The van der Waals surface area contributed by atoms with Crippen LogP contribution in [0.15, 0.2) is 47.6 Å². The molecule has 0 spiro atoms. The lowest BCUT2D eigenvalue weighted by Gasteiger charge is -2.18. The molecule has 8 nitrogen and oxygen atoms in total. The second-order valence-electron chi connectivity index (χ2n) is 6.04. The first-order chi connectivity index (χ1) is 14.2. The van der Waals surface area contributed by atoms with Gasteiger partial charge in [0.15, 0.2) is 0 Å². The van der Waals surface area contributed by atoms with Crippen molar-refractivity contribution in [2.24, 2.45) is 0 Å². The Morgan fingerprint density at radius 2 is 2.00 bits per heavy atom. The van der Waals surface area contributed by atoms with Crippen LogP contribution in [-0.2, 0) is 19.6 Å². The number of sulfonamides is 1. The van der Waals surface area contributed by atoms with E-state index in [0.717, 1.165) is 0 Å².